The van der Waals surface area contributed by atoms with Crippen molar-refractivity contribution < 1.29 is 17.9 Å². The molecule has 92 valence electrons. The Morgan fingerprint density at radius 3 is 2.65 bits per heavy atom. The molecule has 0 aliphatic rings. The molecule has 0 unspecified atom stereocenters. The number of ether oxygens (including phenoxy) is 1. The lowest BCUT2D eigenvalue weighted by Crippen LogP contribution is -2.18. The summed E-state index contributed by atoms with van der Waals surface area (Å²) >= 11 is 7.31. The second-order valence-electron chi connectivity index (χ2n) is 2.88. The summed E-state index contributed by atoms with van der Waals surface area (Å²) in [5, 5.41) is 8.54. The van der Waals surface area contributed by atoms with Crippen LogP contribution in [0.25, 0.3) is 0 Å². The van der Waals surface area contributed by atoms with Crippen molar-refractivity contribution in [1.29, 1.82) is 5.26 Å². The van der Waals surface area contributed by atoms with Gasteiger partial charge in [0.15, 0.2) is 5.75 Å². The monoisotopic (exact) mass is 376 g/mol. The van der Waals surface area contributed by atoms with E-state index in [2.05, 4.69) is 9.72 Å². The number of aromatic nitrogens is 1. The molecule has 17 heavy (non-hydrogen) atoms. The highest BCUT2D eigenvalue weighted by molar-refractivity contribution is 14.1. The van der Waals surface area contributed by atoms with Gasteiger partial charge in [-0.15, -0.1) is 24.8 Å². The fraction of sp³-hybridized carbons (Fsp3) is 0.333. The third-order valence-electron chi connectivity index (χ3n) is 1.77. The Hall–Kier alpha value is -0.750. The predicted molar refractivity (Wildman–Crippen MR) is 62.5 cm³/mol. The number of alkyl halides is 4. The van der Waals surface area contributed by atoms with Gasteiger partial charge in [0.2, 0.25) is 0 Å². The lowest BCUT2D eigenvalue weighted by molar-refractivity contribution is -0.275. The van der Waals surface area contributed by atoms with Crippen LogP contribution in [0.1, 0.15) is 11.3 Å². The van der Waals surface area contributed by atoms with Crippen LogP contribution >= 0.6 is 34.2 Å². The molecule has 1 heterocycles. The van der Waals surface area contributed by atoms with E-state index in [1.54, 1.807) is 22.6 Å². The number of rotatable bonds is 3. The molecule has 1 rings (SSSR count). The van der Waals surface area contributed by atoms with Crippen molar-refractivity contribution in [2.75, 3.05) is 0 Å². The molecule has 0 bridgehead atoms. The molecule has 0 N–H and O–H groups in total. The van der Waals surface area contributed by atoms with Crippen LogP contribution in [0.4, 0.5) is 13.2 Å². The second-order valence-corrected chi connectivity index (χ2v) is 4.22. The van der Waals surface area contributed by atoms with Crippen molar-refractivity contribution in [3.63, 3.8) is 0 Å². The Morgan fingerprint density at radius 1 is 1.53 bits per heavy atom. The van der Waals surface area contributed by atoms with E-state index in [4.69, 9.17) is 16.9 Å². The lowest BCUT2D eigenvalue weighted by Gasteiger charge is -2.13. The minimum absolute atomic E-state index is 0.00957. The Balaban J connectivity index is 3.16. The van der Waals surface area contributed by atoms with Gasteiger partial charge in [-0.3, -0.25) is 4.98 Å². The highest BCUT2D eigenvalue weighted by Crippen LogP contribution is 2.31. The number of hydrogen-bond acceptors (Lipinski definition) is 3. The summed E-state index contributed by atoms with van der Waals surface area (Å²) in [7, 11) is 0. The fourth-order valence-corrected chi connectivity index (χ4v) is 2.37. The molecule has 0 fully saturated rings. The third kappa shape index (κ3) is 3.89. The van der Waals surface area contributed by atoms with Crippen LogP contribution in [0.2, 0.25) is 0 Å². The highest BCUT2D eigenvalue weighted by Gasteiger charge is 2.32. The number of hydrogen-bond donors (Lipinski definition) is 0. The summed E-state index contributed by atoms with van der Waals surface area (Å²) in [6, 6.07) is 1.87. The van der Waals surface area contributed by atoms with Crippen LogP contribution in [0.15, 0.2) is 6.20 Å². The van der Waals surface area contributed by atoms with Crippen LogP contribution in [0, 0.1) is 14.9 Å². The van der Waals surface area contributed by atoms with Gasteiger partial charge in [0, 0.05) is 5.56 Å². The zero-order chi connectivity index (χ0) is 13.1. The summed E-state index contributed by atoms with van der Waals surface area (Å²) in [6.07, 6.45) is -3.84. The van der Waals surface area contributed by atoms with E-state index in [-0.39, 0.29) is 15.9 Å². The molecule has 0 spiro atoms. The molecule has 0 aliphatic carbocycles. The second kappa shape index (κ2) is 5.73. The van der Waals surface area contributed by atoms with Crippen LogP contribution < -0.4 is 4.74 Å². The number of halogens is 5. The number of nitrogens with zero attached hydrogens (tertiary/aromatic N) is 2. The minimum Gasteiger partial charge on any atom is -0.403 e. The molecule has 0 aromatic carbocycles. The number of nitriles is 1. The van der Waals surface area contributed by atoms with Gasteiger partial charge in [0.05, 0.1) is 33.8 Å². The normalized spacial score (nSPS) is 11.1. The molecular weight excluding hydrogens is 371 g/mol. The molecule has 0 saturated carbocycles. The van der Waals surface area contributed by atoms with Crippen LogP contribution in [0.3, 0.4) is 0 Å². The van der Waals surface area contributed by atoms with Crippen LogP contribution in [0.5, 0.6) is 5.75 Å². The average Bonchev–Trinajstić information content (AvgIpc) is 2.21. The number of pyridine rings is 1. The average molecular weight is 377 g/mol. The molecule has 1 aromatic rings. The molecular formula is C9H5ClF3IN2O. The highest BCUT2D eigenvalue weighted by atomic mass is 127. The van der Waals surface area contributed by atoms with Gasteiger partial charge in [0.25, 0.3) is 0 Å². The molecule has 0 atom stereocenters. The summed E-state index contributed by atoms with van der Waals surface area (Å²) in [5.41, 5.74) is 0.747. The molecule has 0 saturated heterocycles. The maximum absolute atomic E-state index is 12.1. The summed E-state index contributed by atoms with van der Waals surface area (Å²) in [5.74, 6) is -0.437. The van der Waals surface area contributed by atoms with Gasteiger partial charge in [-0.1, -0.05) is 0 Å². The first kappa shape index (κ1) is 14.3. The van der Waals surface area contributed by atoms with Crippen molar-refractivity contribution in [3.05, 3.63) is 21.0 Å². The first-order valence-electron chi connectivity index (χ1n) is 4.24. The summed E-state index contributed by atoms with van der Waals surface area (Å²) in [4.78, 5) is 3.75. The van der Waals surface area contributed by atoms with Gasteiger partial charge >= 0.3 is 6.36 Å². The van der Waals surface area contributed by atoms with Gasteiger partial charge in [-0.25, -0.2) is 0 Å². The lowest BCUT2D eigenvalue weighted by atomic mass is 10.2. The molecule has 8 heteroatoms. The maximum atomic E-state index is 12.1. The Labute approximate surface area is 114 Å². The standard InChI is InChI=1S/C9H5ClF3IN2O/c10-3-5-6(1-2-15)16-4-7(8(5)14)17-9(11,12)13/h4H,1,3H2. The SMILES string of the molecule is N#CCc1ncc(OC(F)(F)F)c(I)c1CCl. The molecule has 0 aliphatic heterocycles. The van der Waals surface area contributed by atoms with E-state index in [1.165, 1.54) is 0 Å². The van der Waals surface area contributed by atoms with E-state index in [0.29, 0.717) is 11.3 Å². The largest absolute Gasteiger partial charge is 0.573 e. The fourth-order valence-electron chi connectivity index (χ4n) is 1.11. The van der Waals surface area contributed by atoms with Crippen molar-refractivity contribution in [3.8, 4) is 11.8 Å². The van der Waals surface area contributed by atoms with Crippen molar-refractivity contribution in [2.45, 2.75) is 18.7 Å². The van der Waals surface area contributed by atoms with E-state index in [9.17, 15) is 13.2 Å². The minimum atomic E-state index is -4.78. The van der Waals surface area contributed by atoms with E-state index in [1.807, 2.05) is 6.07 Å². The van der Waals surface area contributed by atoms with E-state index >= 15 is 0 Å². The Bertz CT molecular complexity index is 459. The maximum Gasteiger partial charge on any atom is 0.573 e. The molecule has 0 amide bonds. The molecule has 3 nitrogen and oxygen atoms in total. The Kier molecular flexibility index (Phi) is 4.82. The molecule has 0 radical (unpaired) electrons. The van der Waals surface area contributed by atoms with E-state index < -0.39 is 12.1 Å². The van der Waals surface area contributed by atoms with Crippen molar-refractivity contribution >= 4 is 34.2 Å². The first-order chi connectivity index (χ1) is 7.89. The topological polar surface area (TPSA) is 45.9 Å². The van der Waals surface area contributed by atoms with Crippen LogP contribution in [-0.4, -0.2) is 11.3 Å². The summed E-state index contributed by atoms with van der Waals surface area (Å²) in [6.45, 7) is 0. The molecule has 1 aromatic heterocycles. The van der Waals surface area contributed by atoms with Crippen molar-refractivity contribution in [1.82, 2.24) is 4.98 Å². The van der Waals surface area contributed by atoms with Gasteiger partial charge in [0.1, 0.15) is 0 Å². The smallest absolute Gasteiger partial charge is 0.403 e. The van der Waals surface area contributed by atoms with Gasteiger partial charge in [-0.2, -0.15) is 5.26 Å². The van der Waals surface area contributed by atoms with Gasteiger partial charge in [-0.05, 0) is 22.6 Å². The predicted octanol–water partition coefficient (Wildman–Crippen LogP) is 3.39. The third-order valence-corrected chi connectivity index (χ3v) is 3.22. The summed E-state index contributed by atoms with van der Waals surface area (Å²) < 4.78 is 40.2. The van der Waals surface area contributed by atoms with E-state index in [0.717, 1.165) is 6.20 Å². The van der Waals surface area contributed by atoms with Crippen LogP contribution in [-0.2, 0) is 12.3 Å². The quantitative estimate of drug-likeness (QED) is 0.600. The zero-order valence-electron chi connectivity index (χ0n) is 8.18. The van der Waals surface area contributed by atoms with Crippen molar-refractivity contribution in [2.24, 2.45) is 0 Å². The first-order valence-corrected chi connectivity index (χ1v) is 5.85. The zero-order valence-corrected chi connectivity index (χ0v) is 11.1. The van der Waals surface area contributed by atoms with Gasteiger partial charge < -0.3 is 4.74 Å². The Morgan fingerprint density at radius 2 is 2.18 bits per heavy atom.